The van der Waals surface area contributed by atoms with Crippen LogP contribution in [0.5, 0.6) is 11.5 Å². The third kappa shape index (κ3) is 6.06. The number of nitrogens with one attached hydrogen (secondary N) is 2. The molecule has 0 radical (unpaired) electrons. The molecular formula is C19H28N4O6S2. The Morgan fingerprint density at radius 1 is 0.871 bits per heavy atom. The third-order valence-corrected chi connectivity index (χ3v) is 7.50. The van der Waals surface area contributed by atoms with Crippen LogP contribution in [0.15, 0.2) is 46.3 Å². The molecule has 1 aromatic heterocycles. The predicted molar refractivity (Wildman–Crippen MR) is 117 cm³/mol. The van der Waals surface area contributed by atoms with E-state index in [4.69, 9.17) is 9.47 Å². The Morgan fingerprint density at radius 2 is 1.48 bits per heavy atom. The normalized spacial score (nSPS) is 12.0. The summed E-state index contributed by atoms with van der Waals surface area (Å²) in [5.74, 6) is 0.900. The topological polar surface area (TPSA) is 127 Å². The van der Waals surface area contributed by atoms with Crippen LogP contribution in [0.4, 0.5) is 5.82 Å². The molecule has 0 bridgehead atoms. The van der Waals surface area contributed by atoms with Crippen molar-refractivity contribution in [3.05, 3.63) is 36.5 Å². The van der Waals surface area contributed by atoms with Crippen LogP contribution in [0, 0.1) is 0 Å². The maximum absolute atomic E-state index is 12.6. The molecule has 1 aromatic carbocycles. The molecule has 0 amide bonds. The lowest BCUT2D eigenvalue weighted by Crippen LogP contribution is -2.31. The summed E-state index contributed by atoms with van der Waals surface area (Å²) in [5.41, 5.74) is 2.48. The Kier molecular flexibility index (Phi) is 8.62. The van der Waals surface area contributed by atoms with Gasteiger partial charge in [0.25, 0.3) is 10.0 Å². The first-order valence-corrected chi connectivity index (χ1v) is 12.8. The summed E-state index contributed by atoms with van der Waals surface area (Å²) in [6.07, 6.45) is 1.17. The van der Waals surface area contributed by atoms with Crippen molar-refractivity contribution in [2.75, 3.05) is 31.7 Å². The van der Waals surface area contributed by atoms with E-state index in [1.165, 1.54) is 40.8 Å². The lowest BCUT2D eigenvalue weighted by Gasteiger charge is -2.18. The van der Waals surface area contributed by atoms with E-state index in [-0.39, 0.29) is 15.6 Å². The highest BCUT2D eigenvalue weighted by atomic mass is 32.2. The average molecular weight is 473 g/mol. The minimum atomic E-state index is -3.95. The average Bonchev–Trinajstić information content (AvgIpc) is 2.75. The molecule has 0 spiro atoms. The minimum Gasteiger partial charge on any atom is -0.490 e. The fraction of sp³-hybridized carbons (Fsp3) is 0.421. The number of benzene rings is 1. The molecule has 12 heteroatoms. The molecule has 0 saturated heterocycles. The van der Waals surface area contributed by atoms with E-state index < -0.39 is 20.0 Å². The van der Waals surface area contributed by atoms with Crippen LogP contribution in [-0.4, -0.2) is 52.4 Å². The van der Waals surface area contributed by atoms with Crippen LogP contribution in [0.2, 0.25) is 0 Å². The molecule has 172 valence electrons. The van der Waals surface area contributed by atoms with E-state index >= 15 is 0 Å². The Balaban J connectivity index is 2.16. The summed E-state index contributed by atoms with van der Waals surface area (Å²) in [7, 11) is -7.60. The van der Waals surface area contributed by atoms with Crippen molar-refractivity contribution in [3.63, 3.8) is 0 Å². The van der Waals surface area contributed by atoms with Crippen molar-refractivity contribution in [3.8, 4) is 11.5 Å². The fourth-order valence-corrected chi connectivity index (χ4v) is 4.97. The van der Waals surface area contributed by atoms with Gasteiger partial charge in [-0.15, -0.1) is 4.83 Å². The summed E-state index contributed by atoms with van der Waals surface area (Å²) in [4.78, 5) is 6.20. The van der Waals surface area contributed by atoms with Crippen molar-refractivity contribution in [2.24, 2.45) is 0 Å². The highest BCUT2D eigenvalue weighted by molar-refractivity contribution is 7.89. The molecule has 0 unspecified atom stereocenters. The quantitative estimate of drug-likeness (QED) is 0.450. The van der Waals surface area contributed by atoms with Crippen LogP contribution < -0.4 is 19.7 Å². The minimum absolute atomic E-state index is 0.0254. The molecule has 0 aliphatic carbocycles. The van der Waals surface area contributed by atoms with Gasteiger partial charge in [0.15, 0.2) is 11.5 Å². The zero-order valence-corrected chi connectivity index (χ0v) is 19.6. The summed E-state index contributed by atoms with van der Waals surface area (Å²) < 4.78 is 62.5. The second-order valence-corrected chi connectivity index (χ2v) is 9.79. The number of sulfonamides is 2. The van der Waals surface area contributed by atoms with Crippen molar-refractivity contribution >= 4 is 25.9 Å². The second kappa shape index (κ2) is 10.8. The number of anilines is 1. The number of aromatic nitrogens is 1. The van der Waals surface area contributed by atoms with Crippen LogP contribution in [0.3, 0.4) is 0 Å². The molecule has 1 heterocycles. The van der Waals surface area contributed by atoms with E-state index in [1.807, 2.05) is 6.92 Å². The Labute approximate surface area is 183 Å². The summed E-state index contributed by atoms with van der Waals surface area (Å²) >= 11 is 0. The lowest BCUT2D eigenvalue weighted by atomic mass is 10.3. The number of hydrazine groups is 1. The van der Waals surface area contributed by atoms with Gasteiger partial charge in [-0.1, -0.05) is 13.8 Å². The van der Waals surface area contributed by atoms with Gasteiger partial charge in [-0.3, -0.25) is 5.43 Å². The van der Waals surface area contributed by atoms with E-state index in [9.17, 15) is 16.8 Å². The number of nitrogens with zero attached hydrogens (tertiary/aromatic N) is 2. The van der Waals surface area contributed by atoms with Gasteiger partial charge in [-0.05, 0) is 38.1 Å². The lowest BCUT2D eigenvalue weighted by molar-refractivity contribution is 0.287. The number of hydrogen-bond donors (Lipinski definition) is 2. The van der Waals surface area contributed by atoms with Gasteiger partial charge in [0, 0.05) is 25.4 Å². The van der Waals surface area contributed by atoms with E-state index in [2.05, 4.69) is 15.2 Å². The summed E-state index contributed by atoms with van der Waals surface area (Å²) in [6, 6.07) is 7.02. The van der Waals surface area contributed by atoms with Gasteiger partial charge in [-0.2, -0.15) is 4.31 Å². The van der Waals surface area contributed by atoms with Crippen molar-refractivity contribution < 1.29 is 26.3 Å². The maximum atomic E-state index is 12.6. The van der Waals surface area contributed by atoms with Gasteiger partial charge in [0.2, 0.25) is 10.0 Å². The zero-order chi connectivity index (χ0) is 23.1. The van der Waals surface area contributed by atoms with E-state index in [1.54, 1.807) is 20.8 Å². The molecule has 31 heavy (non-hydrogen) atoms. The van der Waals surface area contributed by atoms with E-state index in [0.29, 0.717) is 37.8 Å². The van der Waals surface area contributed by atoms with E-state index in [0.717, 1.165) is 0 Å². The maximum Gasteiger partial charge on any atom is 0.257 e. The van der Waals surface area contributed by atoms with Gasteiger partial charge in [0.05, 0.1) is 18.1 Å². The van der Waals surface area contributed by atoms with Crippen molar-refractivity contribution in [2.45, 2.75) is 37.5 Å². The third-order valence-electron chi connectivity index (χ3n) is 4.22. The van der Waals surface area contributed by atoms with Crippen molar-refractivity contribution in [1.82, 2.24) is 14.1 Å². The molecule has 0 saturated carbocycles. The first kappa shape index (κ1) is 24.9. The summed E-state index contributed by atoms with van der Waals surface area (Å²) in [6.45, 7) is 8.53. The summed E-state index contributed by atoms with van der Waals surface area (Å²) in [5, 5.41) is 0. The Morgan fingerprint density at radius 3 is 2.03 bits per heavy atom. The molecule has 0 fully saturated rings. The van der Waals surface area contributed by atoms with Crippen molar-refractivity contribution in [1.29, 1.82) is 0 Å². The molecule has 0 aliphatic rings. The van der Waals surface area contributed by atoms with Gasteiger partial charge in [0.1, 0.15) is 10.7 Å². The molecule has 0 atom stereocenters. The first-order chi connectivity index (χ1) is 14.7. The molecular weight excluding hydrogens is 444 g/mol. The molecule has 2 rings (SSSR count). The monoisotopic (exact) mass is 472 g/mol. The van der Waals surface area contributed by atoms with Crippen LogP contribution >= 0.6 is 0 Å². The van der Waals surface area contributed by atoms with Gasteiger partial charge in [-0.25, -0.2) is 21.8 Å². The molecule has 0 aliphatic heterocycles. The largest absolute Gasteiger partial charge is 0.490 e. The molecule has 2 N–H and O–H groups in total. The van der Waals surface area contributed by atoms with Crippen LogP contribution in [-0.2, 0) is 20.0 Å². The highest BCUT2D eigenvalue weighted by Crippen LogP contribution is 2.30. The van der Waals surface area contributed by atoms with Gasteiger partial charge < -0.3 is 9.47 Å². The standard InChI is InChI=1S/C19H28N4O6S2/c1-5-23(6-2)31(26,27)16-10-12-19(20-14-16)21-22-30(24,25)15-9-11-17(28-7-3)18(13-15)29-8-4/h9-14,22H,5-8H2,1-4H3,(H,20,21). The SMILES string of the molecule is CCOc1ccc(S(=O)(=O)NNc2ccc(S(=O)(=O)N(CC)CC)cn2)cc1OCC. The Hall–Kier alpha value is -2.41. The first-order valence-electron chi connectivity index (χ1n) is 9.83. The number of rotatable bonds is 12. The van der Waals surface area contributed by atoms with Crippen LogP contribution in [0.25, 0.3) is 0 Å². The zero-order valence-electron chi connectivity index (χ0n) is 18.0. The van der Waals surface area contributed by atoms with Gasteiger partial charge >= 0.3 is 0 Å². The fourth-order valence-electron chi connectivity index (χ4n) is 2.70. The number of pyridine rings is 1. The highest BCUT2D eigenvalue weighted by Gasteiger charge is 2.22. The molecule has 2 aromatic rings. The molecule has 10 nitrogen and oxygen atoms in total. The predicted octanol–water partition coefficient (Wildman–Crippen LogP) is 2.21. The number of hydrogen-bond acceptors (Lipinski definition) is 8. The number of ether oxygens (including phenoxy) is 2. The smallest absolute Gasteiger partial charge is 0.257 e. The second-order valence-electron chi connectivity index (χ2n) is 6.17. The Bertz CT molecular complexity index is 1070. The van der Waals surface area contributed by atoms with Crippen LogP contribution in [0.1, 0.15) is 27.7 Å².